The van der Waals surface area contributed by atoms with Crippen LogP contribution in [0.1, 0.15) is 218 Å². The summed E-state index contributed by atoms with van der Waals surface area (Å²) in [6.07, 6.45) is 45.3. The van der Waals surface area contributed by atoms with E-state index in [4.69, 9.17) is 4.98 Å². The summed E-state index contributed by atoms with van der Waals surface area (Å²) in [7, 11) is 0. The van der Waals surface area contributed by atoms with Crippen LogP contribution in [0.25, 0.3) is 0 Å². The van der Waals surface area contributed by atoms with Gasteiger partial charge in [-0.15, -0.1) is 0 Å². The van der Waals surface area contributed by atoms with Crippen molar-refractivity contribution < 1.29 is 0 Å². The lowest BCUT2D eigenvalue weighted by molar-refractivity contribution is 0.531. The molecule has 234 valence electrons. The van der Waals surface area contributed by atoms with Gasteiger partial charge in [0.05, 0.1) is 0 Å². The van der Waals surface area contributed by atoms with Gasteiger partial charge in [0, 0.05) is 11.4 Å². The maximum Gasteiger partial charge on any atom is 0.0406 e. The number of aryl methyl sites for hydroxylation is 2. The van der Waals surface area contributed by atoms with Crippen LogP contribution in [0.4, 0.5) is 0 Å². The van der Waals surface area contributed by atoms with Crippen LogP contribution >= 0.6 is 0 Å². The van der Waals surface area contributed by atoms with Gasteiger partial charge in [0.25, 0.3) is 0 Å². The Balaban J connectivity index is 1.86. The first kappa shape index (κ1) is 37.2. The molecule has 0 amide bonds. The van der Waals surface area contributed by atoms with Crippen LogP contribution in [-0.4, -0.2) is 4.98 Å². The topological polar surface area (TPSA) is 12.9 Å². The molecule has 0 saturated heterocycles. The molecular weight excluding hydrogens is 482 g/mol. The zero-order chi connectivity index (χ0) is 28.6. The number of rotatable bonds is 32. The molecule has 0 aliphatic heterocycles. The minimum absolute atomic E-state index is 1.17. The smallest absolute Gasteiger partial charge is 0.0406 e. The van der Waals surface area contributed by atoms with Gasteiger partial charge in [-0.3, -0.25) is 4.98 Å². The van der Waals surface area contributed by atoms with E-state index in [1.807, 2.05) is 0 Å². The molecule has 1 nitrogen and oxygen atoms in total. The molecule has 0 spiro atoms. The highest BCUT2D eigenvalue weighted by atomic mass is 14.7. The van der Waals surface area contributed by atoms with Gasteiger partial charge in [0.2, 0.25) is 0 Å². The van der Waals surface area contributed by atoms with Crippen LogP contribution in [0.15, 0.2) is 18.2 Å². The number of unbranched alkanes of at least 4 members (excludes halogenated alkanes) is 28. The van der Waals surface area contributed by atoms with Gasteiger partial charge in [0.15, 0.2) is 0 Å². The average Bonchev–Trinajstić information content (AvgIpc) is 2.97. The van der Waals surface area contributed by atoms with E-state index >= 15 is 0 Å². The van der Waals surface area contributed by atoms with E-state index in [0.717, 1.165) is 0 Å². The predicted octanol–water partition coefficient (Wildman–Crippen LogP) is 13.9. The van der Waals surface area contributed by atoms with E-state index in [1.165, 1.54) is 217 Å². The van der Waals surface area contributed by atoms with Crippen LogP contribution in [-0.2, 0) is 12.8 Å². The quantitative estimate of drug-likeness (QED) is 0.0805. The molecule has 0 aromatic carbocycles. The van der Waals surface area contributed by atoms with Crippen molar-refractivity contribution in [2.75, 3.05) is 0 Å². The fourth-order valence-corrected chi connectivity index (χ4v) is 6.16. The molecule has 0 unspecified atom stereocenters. The zero-order valence-electron chi connectivity index (χ0n) is 27.8. The molecule has 1 aromatic rings. The van der Waals surface area contributed by atoms with Gasteiger partial charge >= 0.3 is 0 Å². The molecule has 0 fully saturated rings. The monoisotopic (exact) mass is 556 g/mol. The van der Waals surface area contributed by atoms with E-state index in [9.17, 15) is 0 Å². The van der Waals surface area contributed by atoms with Gasteiger partial charge in [0.1, 0.15) is 0 Å². The number of pyridine rings is 1. The maximum atomic E-state index is 4.98. The SMILES string of the molecule is CCCCCCCCCCCCCCCCCc1cccc(CCCCCCCCCCCCCCCCC)n1. The number of nitrogens with zero attached hydrogens (tertiary/aromatic N) is 1. The molecule has 0 N–H and O–H groups in total. The molecular formula is C39H73N. The third-order valence-electron chi connectivity index (χ3n) is 8.94. The molecule has 1 heteroatoms. The largest absolute Gasteiger partial charge is 0.258 e. The van der Waals surface area contributed by atoms with Crippen molar-refractivity contribution in [2.24, 2.45) is 0 Å². The molecule has 1 aromatic heterocycles. The fourth-order valence-electron chi connectivity index (χ4n) is 6.16. The summed E-state index contributed by atoms with van der Waals surface area (Å²) >= 11 is 0. The Bertz CT molecular complexity index is 559. The summed E-state index contributed by atoms with van der Waals surface area (Å²) < 4.78 is 0. The van der Waals surface area contributed by atoms with Gasteiger partial charge in [-0.05, 0) is 37.8 Å². The lowest BCUT2D eigenvalue weighted by Gasteiger charge is -2.06. The second-order valence-corrected chi connectivity index (χ2v) is 13.0. The number of aromatic nitrogens is 1. The van der Waals surface area contributed by atoms with Gasteiger partial charge < -0.3 is 0 Å². The second-order valence-electron chi connectivity index (χ2n) is 13.0. The van der Waals surface area contributed by atoms with Crippen molar-refractivity contribution in [3.05, 3.63) is 29.6 Å². The highest BCUT2D eigenvalue weighted by Gasteiger charge is 2.01. The molecule has 0 aliphatic rings. The van der Waals surface area contributed by atoms with Crippen LogP contribution in [0.3, 0.4) is 0 Å². The van der Waals surface area contributed by atoms with Crippen LogP contribution in [0, 0.1) is 0 Å². The van der Waals surface area contributed by atoms with Gasteiger partial charge in [-0.1, -0.05) is 200 Å². The molecule has 0 radical (unpaired) electrons. The molecule has 0 atom stereocenters. The Labute approximate surface area is 253 Å². The van der Waals surface area contributed by atoms with E-state index in [1.54, 1.807) is 0 Å². The van der Waals surface area contributed by atoms with E-state index in [0.29, 0.717) is 0 Å². The average molecular weight is 556 g/mol. The van der Waals surface area contributed by atoms with Crippen molar-refractivity contribution in [3.8, 4) is 0 Å². The zero-order valence-corrected chi connectivity index (χ0v) is 27.8. The van der Waals surface area contributed by atoms with Crippen LogP contribution < -0.4 is 0 Å². The summed E-state index contributed by atoms with van der Waals surface area (Å²) in [5.74, 6) is 0. The lowest BCUT2D eigenvalue weighted by atomic mass is 10.0. The fraction of sp³-hybridized carbons (Fsp3) is 0.872. The summed E-state index contributed by atoms with van der Waals surface area (Å²) in [5.41, 5.74) is 2.65. The minimum Gasteiger partial charge on any atom is -0.258 e. The summed E-state index contributed by atoms with van der Waals surface area (Å²) in [5, 5.41) is 0. The Kier molecular flexibility index (Phi) is 28.9. The number of hydrogen-bond donors (Lipinski definition) is 0. The van der Waals surface area contributed by atoms with Crippen molar-refractivity contribution in [2.45, 2.75) is 219 Å². The molecule has 0 aliphatic carbocycles. The maximum absolute atomic E-state index is 4.98. The first-order valence-corrected chi connectivity index (χ1v) is 18.8. The summed E-state index contributed by atoms with van der Waals surface area (Å²) in [6, 6.07) is 6.74. The third-order valence-corrected chi connectivity index (χ3v) is 8.94. The predicted molar refractivity (Wildman–Crippen MR) is 182 cm³/mol. The number of hydrogen-bond acceptors (Lipinski definition) is 1. The third kappa shape index (κ3) is 26.1. The van der Waals surface area contributed by atoms with E-state index < -0.39 is 0 Å². The van der Waals surface area contributed by atoms with E-state index in [-0.39, 0.29) is 0 Å². The highest BCUT2D eigenvalue weighted by Crippen LogP contribution is 2.16. The van der Waals surface area contributed by atoms with Crippen molar-refractivity contribution >= 4 is 0 Å². The van der Waals surface area contributed by atoms with Crippen LogP contribution in [0.2, 0.25) is 0 Å². The molecule has 1 heterocycles. The van der Waals surface area contributed by atoms with E-state index in [2.05, 4.69) is 32.0 Å². The van der Waals surface area contributed by atoms with Crippen molar-refractivity contribution in [1.29, 1.82) is 0 Å². The Hall–Kier alpha value is -0.850. The van der Waals surface area contributed by atoms with Crippen molar-refractivity contribution in [3.63, 3.8) is 0 Å². The van der Waals surface area contributed by atoms with Crippen molar-refractivity contribution in [1.82, 2.24) is 4.98 Å². The standard InChI is InChI=1S/C39H73N/c1-3-5-7-9-11-13-15-17-19-21-23-25-27-29-31-34-38-36-33-37-39(40-38)35-32-30-28-26-24-22-20-18-16-14-12-10-8-6-4-2/h33,36-37H,3-32,34-35H2,1-2H3. The normalized spacial score (nSPS) is 11.4. The molecule has 1 rings (SSSR count). The highest BCUT2D eigenvalue weighted by molar-refractivity contribution is 5.11. The van der Waals surface area contributed by atoms with Gasteiger partial charge in [-0.2, -0.15) is 0 Å². The Morgan fingerprint density at radius 2 is 0.550 bits per heavy atom. The summed E-state index contributed by atoms with van der Waals surface area (Å²) in [6.45, 7) is 4.61. The first-order valence-electron chi connectivity index (χ1n) is 18.8. The summed E-state index contributed by atoms with van der Waals surface area (Å²) in [4.78, 5) is 4.98. The Morgan fingerprint density at radius 3 is 0.800 bits per heavy atom. The molecule has 40 heavy (non-hydrogen) atoms. The van der Waals surface area contributed by atoms with Gasteiger partial charge in [-0.25, -0.2) is 0 Å². The van der Waals surface area contributed by atoms with Crippen LogP contribution in [0.5, 0.6) is 0 Å². The lowest BCUT2D eigenvalue weighted by Crippen LogP contribution is -1.96. The first-order chi connectivity index (χ1) is 19.9. The Morgan fingerprint density at radius 1 is 0.325 bits per heavy atom. The molecule has 0 saturated carbocycles. The molecule has 0 bridgehead atoms. The minimum atomic E-state index is 1.17. The second kappa shape index (κ2) is 31.1.